The molecule has 1 heterocycles. The van der Waals surface area contributed by atoms with Crippen LogP contribution in [0.5, 0.6) is 0 Å². The van der Waals surface area contributed by atoms with Gasteiger partial charge in [-0.15, -0.1) is 11.3 Å². The molecule has 1 aromatic carbocycles. The highest BCUT2D eigenvalue weighted by Gasteiger charge is 2.17. The SMILES string of the molecule is CCCc1c(C(=O)NCCCOCC)sc2ccccc12. The normalized spacial score (nSPS) is 11.0. The van der Waals surface area contributed by atoms with Crippen molar-refractivity contribution in [3.8, 4) is 0 Å². The van der Waals surface area contributed by atoms with E-state index in [0.29, 0.717) is 13.2 Å². The molecule has 2 aromatic rings. The first-order chi connectivity index (χ1) is 10.3. The third-order valence-corrected chi connectivity index (χ3v) is 4.57. The maximum atomic E-state index is 12.4. The summed E-state index contributed by atoms with van der Waals surface area (Å²) in [6.45, 7) is 6.22. The Morgan fingerprint density at radius 3 is 2.86 bits per heavy atom. The van der Waals surface area contributed by atoms with Crippen LogP contribution in [0.3, 0.4) is 0 Å². The summed E-state index contributed by atoms with van der Waals surface area (Å²) >= 11 is 1.60. The summed E-state index contributed by atoms with van der Waals surface area (Å²) in [6.07, 6.45) is 2.85. The van der Waals surface area contributed by atoms with E-state index in [1.807, 2.05) is 19.1 Å². The van der Waals surface area contributed by atoms with Gasteiger partial charge in [0, 0.05) is 24.5 Å². The van der Waals surface area contributed by atoms with Gasteiger partial charge in [0.1, 0.15) is 0 Å². The number of carbonyl (C=O) groups excluding carboxylic acids is 1. The summed E-state index contributed by atoms with van der Waals surface area (Å²) < 4.78 is 6.48. The highest BCUT2D eigenvalue weighted by molar-refractivity contribution is 7.21. The van der Waals surface area contributed by atoms with E-state index in [4.69, 9.17) is 4.74 Å². The summed E-state index contributed by atoms with van der Waals surface area (Å²) in [6, 6.07) is 8.27. The van der Waals surface area contributed by atoms with Gasteiger partial charge in [-0.05, 0) is 36.8 Å². The Bertz CT molecular complexity index is 591. The first kappa shape index (κ1) is 16.0. The van der Waals surface area contributed by atoms with Crippen LogP contribution in [0.1, 0.15) is 41.9 Å². The molecule has 0 fully saturated rings. The van der Waals surface area contributed by atoms with Crippen molar-refractivity contribution in [1.82, 2.24) is 5.32 Å². The predicted molar refractivity (Wildman–Crippen MR) is 89.3 cm³/mol. The Labute approximate surface area is 130 Å². The molecule has 0 atom stereocenters. The smallest absolute Gasteiger partial charge is 0.261 e. The Morgan fingerprint density at radius 2 is 2.10 bits per heavy atom. The summed E-state index contributed by atoms with van der Waals surface area (Å²) in [7, 11) is 0. The number of hydrogen-bond acceptors (Lipinski definition) is 3. The molecule has 0 spiro atoms. The second-order valence-corrected chi connectivity index (χ2v) is 6.01. The lowest BCUT2D eigenvalue weighted by molar-refractivity contribution is 0.0947. The van der Waals surface area contributed by atoms with Crippen molar-refractivity contribution < 1.29 is 9.53 Å². The molecule has 0 saturated heterocycles. The van der Waals surface area contributed by atoms with Crippen LogP contribution in [0.2, 0.25) is 0 Å². The Hall–Kier alpha value is -1.39. The van der Waals surface area contributed by atoms with Gasteiger partial charge in [0.05, 0.1) is 4.88 Å². The monoisotopic (exact) mass is 305 g/mol. The number of fused-ring (bicyclic) bond motifs is 1. The van der Waals surface area contributed by atoms with E-state index >= 15 is 0 Å². The molecule has 2 rings (SSSR count). The molecule has 0 aliphatic heterocycles. The van der Waals surface area contributed by atoms with E-state index in [9.17, 15) is 4.79 Å². The van der Waals surface area contributed by atoms with Crippen LogP contribution < -0.4 is 5.32 Å². The highest BCUT2D eigenvalue weighted by atomic mass is 32.1. The van der Waals surface area contributed by atoms with Crippen molar-refractivity contribution in [3.05, 3.63) is 34.7 Å². The molecule has 0 radical (unpaired) electrons. The molecule has 1 aromatic heterocycles. The van der Waals surface area contributed by atoms with Gasteiger partial charge in [0.25, 0.3) is 5.91 Å². The highest BCUT2D eigenvalue weighted by Crippen LogP contribution is 2.32. The fourth-order valence-electron chi connectivity index (χ4n) is 2.38. The Morgan fingerprint density at radius 1 is 1.29 bits per heavy atom. The first-order valence-corrected chi connectivity index (χ1v) is 8.45. The van der Waals surface area contributed by atoms with Crippen molar-refractivity contribution in [2.75, 3.05) is 19.8 Å². The van der Waals surface area contributed by atoms with Gasteiger partial charge >= 0.3 is 0 Å². The van der Waals surface area contributed by atoms with Crippen LogP contribution in [-0.4, -0.2) is 25.7 Å². The zero-order valence-electron chi connectivity index (χ0n) is 12.8. The van der Waals surface area contributed by atoms with E-state index in [1.165, 1.54) is 15.6 Å². The van der Waals surface area contributed by atoms with Crippen LogP contribution in [0.25, 0.3) is 10.1 Å². The fourth-order valence-corrected chi connectivity index (χ4v) is 3.55. The fraction of sp³-hybridized carbons (Fsp3) is 0.471. The molecule has 1 amide bonds. The lowest BCUT2D eigenvalue weighted by Crippen LogP contribution is -2.25. The van der Waals surface area contributed by atoms with Gasteiger partial charge in [-0.1, -0.05) is 31.5 Å². The molecule has 0 bridgehead atoms. The molecule has 114 valence electrons. The minimum Gasteiger partial charge on any atom is -0.382 e. The van der Waals surface area contributed by atoms with Crippen molar-refractivity contribution >= 4 is 27.3 Å². The summed E-state index contributed by atoms with van der Waals surface area (Å²) in [5, 5.41) is 4.23. The minimum absolute atomic E-state index is 0.0520. The van der Waals surface area contributed by atoms with Crippen LogP contribution in [0, 0.1) is 0 Å². The van der Waals surface area contributed by atoms with Crippen molar-refractivity contribution in [3.63, 3.8) is 0 Å². The quantitative estimate of drug-likeness (QED) is 0.748. The molecule has 0 saturated carbocycles. The van der Waals surface area contributed by atoms with E-state index in [-0.39, 0.29) is 5.91 Å². The summed E-state index contributed by atoms with van der Waals surface area (Å²) in [5.74, 6) is 0.0520. The summed E-state index contributed by atoms with van der Waals surface area (Å²) in [4.78, 5) is 13.3. The van der Waals surface area contributed by atoms with E-state index in [2.05, 4.69) is 24.4 Å². The lowest BCUT2D eigenvalue weighted by Gasteiger charge is -2.06. The van der Waals surface area contributed by atoms with Gasteiger partial charge in [-0.25, -0.2) is 0 Å². The minimum atomic E-state index is 0.0520. The van der Waals surface area contributed by atoms with Gasteiger partial charge < -0.3 is 10.1 Å². The Balaban J connectivity index is 2.09. The average Bonchev–Trinajstić information content (AvgIpc) is 2.86. The molecule has 21 heavy (non-hydrogen) atoms. The van der Waals surface area contributed by atoms with E-state index in [0.717, 1.165) is 30.7 Å². The number of hydrogen-bond donors (Lipinski definition) is 1. The topological polar surface area (TPSA) is 38.3 Å². The molecule has 1 N–H and O–H groups in total. The van der Waals surface area contributed by atoms with Gasteiger partial charge in [0.2, 0.25) is 0 Å². The molecule has 0 aliphatic carbocycles. The number of benzene rings is 1. The third-order valence-electron chi connectivity index (χ3n) is 3.36. The van der Waals surface area contributed by atoms with Gasteiger partial charge in [-0.3, -0.25) is 4.79 Å². The average molecular weight is 305 g/mol. The van der Waals surface area contributed by atoms with Gasteiger partial charge in [-0.2, -0.15) is 0 Å². The van der Waals surface area contributed by atoms with Crippen molar-refractivity contribution in [1.29, 1.82) is 0 Å². The number of carbonyl (C=O) groups is 1. The molecular weight excluding hydrogens is 282 g/mol. The molecule has 3 nitrogen and oxygen atoms in total. The third kappa shape index (κ3) is 4.05. The van der Waals surface area contributed by atoms with Crippen LogP contribution in [0.15, 0.2) is 24.3 Å². The standard InChI is InChI=1S/C17H23NO2S/c1-3-8-14-13-9-5-6-10-15(13)21-16(14)17(19)18-11-7-12-20-4-2/h5-6,9-10H,3-4,7-8,11-12H2,1-2H3,(H,18,19). The maximum Gasteiger partial charge on any atom is 0.261 e. The first-order valence-electron chi connectivity index (χ1n) is 7.64. The second kappa shape index (κ2) is 8.15. The molecule has 0 unspecified atom stereocenters. The van der Waals surface area contributed by atoms with Crippen LogP contribution in [0.4, 0.5) is 0 Å². The maximum absolute atomic E-state index is 12.4. The number of aryl methyl sites for hydroxylation is 1. The van der Waals surface area contributed by atoms with Crippen LogP contribution >= 0.6 is 11.3 Å². The number of rotatable bonds is 8. The number of amides is 1. The Kier molecular flexibility index (Phi) is 6.21. The van der Waals surface area contributed by atoms with Crippen molar-refractivity contribution in [2.24, 2.45) is 0 Å². The zero-order chi connectivity index (χ0) is 15.1. The number of ether oxygens (including phenoxy) is 1. The van der Waals surface area contributed by atoms with E-state index < -0.39 is 0 Å². The molecule has 0 aliphatic rings. The van der Waals surface area contributed by atoms with Gasteiger partial charge in [0.15, 0.2) is 0 Å². The summed E-state index contributed by atoms with van der Waals surface area (Å²) in [5.41, 5.74) is 1.19. The number of thiophene rings is 1. The number of nitrogens with one attached hydrogen (secondary N) is 1. The van der Waals surface area contributed by atoms with Crippen LogP contribution in [-0.2, 0) is 11.2 Å². The zero-order valence-corrected chi connectivity index (χ0v) is 13.6. The second-order valence-electron chi connectivity index (χ2n) is 4.96. The largest absolute Gasteiger partial charge is 0.382 e. The van der Waals surface area contributed by atoms with Crippen molar-refractivity contribution in [2.45, 2.75) is 33.1 Å². The molecular formula is C17H23NO2S. The lowest BCUT2D eigenvalue weighted by atomic mass is 10.1. The van der Waals surface area contributed by atoms with E-state index in [1.54, 1.807) is 11.3 Å². The molecule has 4 heteroatoms. The predicted octanol–water partition coefficient (Wildman–Crippen LogP) is 4.01.